The van der Waals surface area contributed by atoms with Crippen molar-refractivity contribution in [2.24, 2.45) is 0 Å². The fourth-order valence-electron chi connectivity index (χ4n) is 2.30. The fraction of sp³-hybridized carbons (Fsp3) is 0.267. The lowest BCUT2D eigenvalue weighted by Gasteiger charge is -2.08. The Morgan fingerprint density at radius 2 is 1.95 bits per heavy atom. The van der Waals surface area contributed by atoms with Gasteiger partial charge in [-0.05, 0) is 38.1 Å². The molecule has 2 aromatic heterocycles. The average Bonchev–Trinajstić information content (AvgIpc) is 2.86. The number of hydrogen-bond acceptors (Lipinski definition) is 5. The monoisotopic (exact) mass is 283 g/mol. The summed E-state index contributed by atoms with van der Waals surface area (Å²) >= 11 is 0. The minimum atomic E-state index is 0.757. The Labute approximate surface area is 122 Å². The van der Waals surface area contributed by atoms with E-state index in [9.17, 15) is 0 Å². The van der Waals surface area contributed by atoms with Gasteiger partial charge in [0.1, 0.15) is 23.1 Å². The lowest BCUT2D eigenvalue weighted by molar-refractivity contribution is 0.415. The first-order chi connectivity index (χ1) is 10.2. The lowest BCUT2D eigenvalue weighted by Crippen LogP contribution is -2.01. The number of rotatable bonds is 4. The van der Waals surface area contributed by atoms with Gasteiger partial charge in [0.15, 0.2) is 5.82 Å². The van der Waals surface area contributed by atoms with Gasteiger partial charge < -0.3 is 10.1 Å². The predicted octanol–water partition coefficient (Wildman–Crippen LogP) is 2.91. The molecule has 3 rings (SSSR count). The molecule has 0 saturated heterocycles. The first kappa shape index (κ1) is 13.4. The molecule has 2 heterocycles. The molecular formula is C15H17N5O. The maximum atomic E-state index is 5.16. The number of nitrogens with zero attached hydrogens (tertiary/aromatic N) is 4. The quantitative estimate of drug-likeness (QED) is 0.797. The van der Waals surface area contributed by atoms with Crippen LogP contribution in [0.2, 0.25) is 0 Å². The molecule has 0 spiro atoms. The van der Waals surface area contributed by atoms with Gasteiger partial charge in [-0.1, -0.05) is 0 Å². The van der Waals surface area contributed by atoms with Crippen LogP contribution in [0.4, 0.5) is 11.5 Å². The number of ether oxygens (including phenoxy) is 1. The highest BCUT2D eigenvalue weighted by molar-refractivity contribution is 5.89. The number of methoxy groups -OCH3 is 1. The Balaban J connectivity index is 2.03. The van der Waals surface area contributed by atoms with Gasteiger partial charge in [-0.3, -0.25) is 4.68 Å². The van der Waals surface area contributed by atoms with Gasteiger partial charge in [0.2, 0.25) is 0 Å². The van der Waals surface area contributed by atoms with Crippen molar-refractivity contribution in [3.8, 4) is 5.75 Å². The van der Waals surface area contributed by atoms with Gasteiger partial charge in [0.25, 0.3) is 0 Å². The number of aryl methyl sites for hydroxylation is 2. The molecule has 108 valence electrons. The zero-order chi connectivity index (χ0) is 14.8. The molecule has 0 saturated carbocycles. The minimum absolute atomic E-state index is 0.757. The summed E-state index contributed by atoms with van der Waals surface area (Å²) < 4.78 is 7.08. The highest BCUT2D eigenvalue weighted by atomic mass is 16.5. The fourth-order valence-corrected chi connectivity index (χ4v) is 2.30. The molecule has 0 aliphatic heterocycles. The predicted molar refractivity (Wildman–Crippen MR) is 82.0 cm³/mol. The minimum Gasteiger partial charge on any atom is -0.497 e. The SMILES string of the molecule is CCn1nc(C)c2ncnc(Nc3ccc(OC)cc3)c21. The molecule has 0 aliphatic rings. The first-order valence-corrected chi connectivity index (χ1v) is 6.82. The summed E-state index contributed by atoms with van der Waals surface area (Å²) in [5.41, 5.74) is 3.65. The van der Waals surface area contributed by atoms with Crippen molar-refractivity contribution >= 4 is 22.5 Å². The molecule has 0 radical (unpaired) electrons. The van der Waals surface area contributed by atoms with Crippen LogP contribution in [-0.2, 0) is 6.54 Å². The number of benzene rings is 1. The Bertz CT molecular complexity index is 764. The van der Waals surface area contributed by atoms with Gasteiger partial charge >= 0.3 is 0 Å². The third-order valence-corrected chi connectivity index (χ3v) is 3.35. The van der Waals surface area contributed by atoms with Crippen molar-refractivity contribution < 1.29 is 4.74 Å². The molecule has 0 bridgehead atoms. The average molecular weight is 283 g/mol. The van der Waals surface area contributed by atoms with Crippen LogP contribution in [0.3, 0.4) is 0 Å². The van der Waals surface area contributed by atoms with Gasteiger partial charge in [0, 0.05) is 12.2 Å². The molecule has 21 heavy (non-hydrogen) atoms. The Morgan fingerprint density at radius 3 is 2.62 bits per heavy atom. The van der Waals surface area contributed by atoms with Crippen molar-refractivity contribution in [1.29, 1.82) is 0 Å². The second-order valence-electron chi connectivity index (χ2n) is 4.67. The van der Waals surface area contributed by atoms with E-state index in [0.717, 1.165) is 40.5 Å². The summed E-state index contributed by atoms with van der Waals surface area (Å²) in [5, 5.41) is 7.81. The van der Waals surface area contributed by atoms with E-state index < -0.39 is 0 Å². The third-order valence-electron chi connectivity index (χ3n) is 3.35. The van der Waals surface area contributed by atoms with Gasteiger partial charge in [-0.2, -0.15) is 5.10 Å². The van der Waals surface area contributed by atoms with Crippen LogP contribution >= 0.6 is 0 Å². The largest absolute Gasteiger partial charge is 0.497 e. The van der Waals surface area contributed by atoms with Crippen molar-refractivity contribution in [3.63, 3.8) is 0 Å². The second-order valence-corrected chi connectivity index (χ2v) is 4.67. The van der Waals surface area contributed by atoms with E-state index in [2.05, 4.69) is 27.3 Å². The van der Waals surface area contributed by atoms with Crippen LogP contribution in [0.1, 0.15) is 12.6 Å². The van der Waals surface area contributed by atoms with Crippen molar-refractivity contribution in [2.75, 3.05) is 12.4 Å². The second kappa shape index (κ2) is 5.40. The van der Waals surface area contributed by atoms with Gasteiger partial charge in [-0.15, -0.1) is 0 Å². The van der Waals surface area contributed by atoms with Gasteiger partial charge in [0.05, 0.1) is 12.8 Å². The molecule has 6 nitrogen and oxygen atoms in total. The molecule has 0 aliphatic carbocycles. The molecule has 1 aromatic carbocycles. The van der Waals surface area contributed by atoms with Crippen LogP contribution in [0.15, 0.2) is 30.6 Å². The van der Waals surface area contributed by atoms with E-state index >= 15 is 0 Å². The first-order valence-electron chi connectivity index (χ1n) is 6.82. The normalized spacial score (nSPS) is 10.8. The molecule has 3 aromatic rings. The summed E-state index contributed by atoms with van der Waals surface area (Å²) in [6.45, 7) is 4.78. The van der Waals surface area contributed by atoms with E-state index in [4.69, 9.17) is 4.74 Å². The summed E-state index contributed by atoms with van der Waals surface area (Å²) in [6, 6.07) is 7.71. The van der Waals surface area contributed by atoms with Crippen molar-refractivity contribution in [2.45, 2.75) is 20.4 Å². The van der Waals surface area contributed by atoms with Crippen LogP contribution in [-0.4, -0.2) is 26.9 Å². The summed E-state index contributed by atoms with van der Waals surface area (Å²) in [6.07, 6.45) is 1.56. The Hall–Kier alpha value is -2.63. The molecule has 0 fully saturated rings. The molecule has 0 atom stereocenters. The van der Waals surface area contributed by atoms with Crippen molar-refractivity contribution in [3.05, 3.63) is 36.3 Å². The summed E-state index contributed by atoms with van der Waals surface area (Å²) in [4.78, 5) is 8.68. The highest BCUT2D eigenvalue weighted by Crippen LogP contribution is 2.25. The summed E-state index contributed by atoms with van der Waals surface area (Å²) in [5.74, 6) is 1.58. The van der Waals surface area contributed by atoms with Crippen LogP contribution in [0, 0.1) is 6.92 Å². The number of anilines is 2. The number of fused-ring (bicyclic) bond motifs is 1. The van der Waals surface area contributed by atoms with E-state index in [1.54, 1.807) is 13.4 Å². The summed E-state index contributed by atoms with van der Waals surface area (Å²) in [7, 11) is 1.65. The topological polar surface area (TPSA) is 64.9 Å². The zero-order valence-electron chi connectivity index (χ0n) is 12.3. The van der Waals surface area contributed by atoms with E-state index in [-0.39, 0.29) is 0 Å². The van der Waals surface area contributed by atoms with Gasteiger partial charge in [-0.25, -0.2) is 9.97 Å². The van der Waals surface area contributed by atoms with E-state index in [1.165, 1.54) is 0 Å². The number of aromatic nitrogens is 4. The van der Waals surface area contributed by atoms with E-state index in [0.29, 0.717) is 0 Å². The van der Waals surface area contributed by atoms with E-state index in [1.807, 2.05) is 35.9 Å². The maximum Gasteiger partial charge on any atom is 0.160 e. The molecule has 0 unspecified atom stereocenters. The highest BCUT2D eigenvalue weighted by Gasteiger charge is 2.13. The zero-order valence-corrected chi connectivity index (χ0v) is 12.3. The smallest absolute Gasteiger partial charge is 0.160 e. The Kier molecular flexibility index (Phi) is 3.43. The lowest BCUT2D eigenvalue weighted by atomic mass is 10.3. The molecule has 6 heteroatoms. The maximum absolute atomic E-state index is 5.16. The van der Waals surface area contributed by atoms with Crippen LogP contribution < -0.4 is 10.1 Å². The molecule has 0 amide bonds. The van der Waals surface area contributed by atoms with Crippen LogP contribution in [0.25, 0.3) is 11.0 Å². The molecule has 1 N–H and O–H groups in total. The Morgan fingerprint density at radius 1 is 1.19 bits per heavy atom. The standard InChI is InChI=1S/C15H17N5O/c1-4-20-14-13(10(2)19-20)16-9-17-15(14)18-11-5-7-12(21-3)8-6-11/h5-9H,4H2,1-3H3,(H,16,17,18). The van der Waals surface area contributed by atoms with Crippen molar-refractivity contribution in [1.82, 2.24) is 19.7 Å². The van der Waals surface area contributed by atoms with Crippen LogP contribution in [0.5, 0.6) is 5.75 Å². The molecular weight excluding hydrogens is 266 g/mol. The number of nitrogens with one attached hydrogen (secondary N) is 1. The third kappa shape index (κ3) is 2.40. The number of hydrogen-bond donors (Lipinski definition) is 1.